The Morgan fingerprint density at radius 3 is 2.44 bits per heavy atom. The SMILES string of the molecule is O[C@@H]1CCCC[C@H]1N1CCC(N2CCOCC2)C1. The summed E-state index contributed by atoms with van der Waals surface area (Å²) in [6.07, 6.45) is 5.88. The van der Waals surface area contributed by atoms with E-state index >= 15 is 0 Å². The highest BCUT2D eigenvalue weighted by Gasteiger charge is 2.35. The molecule has 3 fully saturated rings. The van der Waals surface area contributed by atoms with Crippen LogP contribution in [0.5, 0.6) is 0 Å². The van der Waals surface area contributed by atoms with Crippen LogP contribution >= 0.6 is 0 Å². The second kappa shape index (κ2) is 5.87. The van der Waals surface area contributed by atoms with Gasteiger partial charge in [-0.2, -0.15) is 0 Å². The Morgan fingerprint density at radius 2 is 1.67 bits per heavy atom. The minimum Gasteiger partial charge on any atom is -0.391 e. The largest absolute Gasteiger partial charge is 0.391 e. The van der Waals surface area contributed by atoms with Gasteiger partial charge < -0.3 is 9.84 Å². The Kier molecular flexibility index (Phi) is 4.19. The molecule has 0 aromatic carbocycles. The van der Waals surface area contributed by atoms with E-state index in [2.05, 4.69) is 9.80 Å². The molecule has 4 nitrogen and oxygen atoms in total. The highest BCUT2D eigenvalue weighted by Crippen LogP contribution is 2.27. The van der Waals surface area contributed by atoms with Gasteiger partial charge in [0.15, 0.2) is 0 Å². The zero-order valence-electron chi connectivity index (χ0n) is 11.3. The maximum atomic E-state index is 10.2. The molecule has 0 aromatic heterocycles. The summed E-state index contributed by atoms with van der Waals surface area (Å²) in [4.78, 5) is 5.13. The first-order chi connectivity index (χ1) is 8.84. The first kappa shape index (κ1) is 12.9. The second-order valence-corrected chi connectivity index (χ2v) is 6.00. The van der Waals surface area contributed by atoms with Gasteiger partial charge in [0.2, 0.25) is 0 Å². The lowest BCUT2D eigenvalue weighted by Crippen LogP contribution is -2.48. The van der Waals surface area contributed by atoms with Crippen LogP contribution in [0.2, 0.25) is 0 Å². The number of aliphatic hydroxyl groups excluding tert-OH is 1. The molecule has 4 heteroatoms. The number of morpholine rings is 1. The van der Waals surface area contributed by atoms with Crippen LogP contribution in [0, 0.1) is 0 Å². The fourth-order valence-electron chi connectivity index (χ4n) is 3.83. The smallest absolute Gasteiger partial charge is 0.0695 e. The lowest BCUT2D eigenvalue weighted by Gasteiger charge is -2.36. The number of ether oxygens (including phenoxy) is 1. The quantitative estimate of drug-likeness (QED) is 0.787. The molecule has 1 unspecified atom stereocenters. The van der Waals surface area contributed by atoms with Crippen molar-refractivity contribution in [3.05, 3.63) is 0 Å². The van der Waals surface area contributed by atoms with Gasteiger partial charge in [0, 0.05) is 38.3 Å². The maximum Gasteiger partial charge on any atom is 0.0695 e. The van der Waals surface area contributed by atoms with Crippen molar-refractivity contribution in [1.82, 2.24) is 9.80 Å². The number of hydrogen-bond donors (Lipinski definition) is 1. The number of likely N-dealkylation sites (tertiary alicyclic amines) is 1. The molecule has 0 aromatic rings. The summed E-state index contributed by atoms with van der Waals surface area (Å²) in [7, 11) is 0. The van der Waals surface area contributed by atoms with E-state index in [4.69, 9.17) is 4.74 Å². The van der Waals surface area contributed by atoms with Crippen molar-refractivity contribution >= 4 is 0 Å². The van der Waals surface area contributed by atoms with E-state index in [0.29, 0.717) is 12.1 Å². The third kappa shape index (κ3) is 2.72. The lowest BCUT2D eigenvalue weighted by molar-refractivity contribution is 0.00713. The molecule has 1 aliphatic carbocycles. The summed E-state index contributed by atoms with van der Waals surface area (Å²) in [5.74, 6) is 0. The Morgan fingerprint density at radius 1 is 0.889 bits per heavy atom. The average Bonchev–Trinajstić information content (AvgIpc) is 2.90. The van der Waals surface area contributed by atoms with E-state index in [1.807, 2.05) is 0 Å². The van der Waals surface area contributed by atoms with E-state index in [1.165, 1.54) is 32.2 Å². The Hall–Kier alpha value is -0.160. The van der Waals surface area contributed by atoms with E-state index in [0.717, 1.165) is 39.3 Å². The Labute approximate surface area is 110 Å². The maximum absolute atomic E-state index is 10.2. The molecule has 1 saturated carbocycles. The fourth-order valence-corrected chi connectivity index (χ4v) is 3.83. The molecule has 0 amide bonds. The molecule has 3 atom stereocenters. The van der Waals surface area contributed by atoms with Crippen LogP contribution in [-0.4, -0.2) is 72.5 Å². The van der Waals surface area contributed by atoms with Crippen molar-refractivity contribution in [1.29, 1.82) is 0 Å². The Bertz CT molecular complexity index is 269. The normalized spacial score (nSPS) is 40.2. The highest BCUT2D eigenvalue weighted by atomic mass is 16.5. The van der Waals surface area contributed by atoms with Gasteiger partial charge in [0.1, 0.15) is 0 Å². The van der Waals surface area contributed by atoms with Crippen LogP contribution in [0.4, 0.5) is 0 Å². The van der Waals surface area contributed by atoms with E-state index < -0.39 is 0 Å². The van der Waals surface area contributed by atoms with Gasteiger partial charge in [0.05, 0.1) is 19.3 Å². The third-order valence-corrected chi connectivity index (χ3v) is 4.92. The summed E-state index contributed by atoms with van der Waals surface area (Å²) in [5, 5.41) is 10.2. The summed E-state index contributed by atoms with van der Waals surface area (Å²) < 4.78 is 5.42. The monoisotopic (exact) mass is 254 g/mol. The predicted molar refractivity (Wildman–Crippen MR) is 70.6 cm³/mol. The summed E-state index contributed by atoms with van der Waals surface area (Å²) >= 11 is 0. The predicted octanol–water partition coefficient (Wildman–Crippen LogP) is 0.696. The van der Waals surface area contributed by atoms with Crippen molar-refractivity contribution in [3.63, 3.8) is 0 Å². The summed E-state index contributed by atoms with van der Waals surface area (Å²) in [6.45, 7) is 6.29. The van der Waals surface area contributed by atoms with Gasteiger partial charge in [-0.25, -0.2) is 0 Å². The zero-order chi connectivity index (χ0) is 12.4. The van der Waals surface area contributed by atoms with Gasteiger partial charge >= 0.3 is 0 Å². The fraction of sp³-hybridized carbons (Fsp3) is 1.00. The molecule has 2 heterocycles. The van der Waals surface area contributed by atoms with Crippen LogP contribution in [0.3, 0.4) is 0 Å². The lowest BCUT2D eigenvalue weighted by atomic mass is 9.91. The minimum absolute atomic E-state index is 0.0813. The van der Waals surface area contributed by atoms with Crippen LogP contribution in [0.1, 0.15) is 32.1 Å². The van der Waals surface area contributed by atoms with Crippen molar-refractivity contribution in [3.8, 4) is 0 Å². The van der Waals surface area contributed by atoms with Crippen molar-refractivity contribution < 1.29 is 9.84 Å². The summed E-state index contributed by atoms with van der Waals surface area (Å²) in [5.41, 5.74) is 0. The second-order valence-electron chi connectivity index (χ2n) is 6.00. The molecular formula is C14H26N2O2. The molecule has 2 saturated heterocycles. The average molecular weight is 254 g/mol. The molecular weight excluding hydrogens is 228 g/mol. The molecule has 1 N–H and O–H groups in total. The van der Waals surface area contributed by atoms with Gasteiger partial charge in [-0.15, -0.1) is 0 Å². The van der Waals surface area contributed by atoms with Gasteiger partial charge in [-0.05, 0) is 19.3 Å². The molecule has 2 aliphatic heterocycles. The van der Waals surface area contributed by atoms with Crippen LogP contribution < -0.4 is 0 Å². The van der Waals surface area contributed by atoms with E-state index in [9.17, 15) is 5.11 Å². The number of hydrogen-bond acceptors (Lipinski definition) is 4. The molecule has 18 heavy (non-hydrogen) atoms. The molecule has 0 spiro atoms. The van der Waals surface area contributed by atoms with Gasteiger partial charge in [0.25, 0.3) is 0 Å². The van der Waals surface area contributed by atoms with E-state index in [-0.39, 0.29) is 6.10 Å². The standard InChI is InChI=1S/C14H26N2O2/c17-14-4-2-1-3-13(14)16-6-5-12(11-16)15-7-9-18-10-8-15/h12-14,17H,1-11H2/t12?,13-,14-/m1/s1. The zero-order valence-corrected chi connectivity index (χ0v) is 11.3. The Balaban J connectivity index is 1.53. The number of rotatable bonds is 2. The first-order valence-corrected chi connectivity index (χ1v) is 7.58. The van der Waals surface area contributed by atoms with E-state index in [1.54, 1.807) is 0 Å². The van der Waals surface area contributed by atoms with Gasteiger partial charge in [-0.3, -0.25) is 9.80 Å². The number of aliphatic hydroxyl groups is 1. The highest BCUT2D eigenvalue weighted by molar-refractivity contribution is 4.91. The van der Waals surface area contributed by atoms with Gasteiger partial charge in [-0.1, -0.05) is 12.8 Å². The topological polar surface area (TPSA) is 35.9 Å². The van der Waals surface area contributed by atoms with Crippen molar-refractivity contribution in [2.45, 2.75) is 50.3 Å². The molecule has 0 bridgehead atoms. The molecule has 104 valence electrons. The molecule has 0 radical (unpaired) electrons. The molecule has 3 aliphatic rings. The van der Waals surface area contributed by atoms with Crippen molar-refractivity contribution in [2.24, 2.45) is 0 Å². The van der Waals surface area contributed by atoms with Crippen molar-refractivity contribution in [2.75, 3.05) is 39.4 Å². The number of nitrogens with zero attached hydrogens (tertiary/aromatic N) is 2. The minimum atomic E-state index is -0.0813. The van der Waals surface area contributed by atoms with Crippen LogP contribution in [0.25, 0.3) is 0 Å². The van der Waals surface area contributed by atoms with Crippen LogP contribution in [-0.2, 0) is 4.74 Å². The third-order valence-electron chi connectivity index (χ3n) is 4.92. The summed E-state index contributed by atoms with van der Waals surface area (Å²) in [6, 6.07) is 1.13. The van der Waals surface area contributed by atoms with Crippen LogP contribution in [0.15, 0.2) is 0 Å². The molecule has 3 rings (SSSR count). The first-order valence-electron chi connectivity index (χ1n) is 7.58.